The van der Waals surface area contributed by atoms with Gasteiger partial charge < -0.3 is 15.0 Å². The lowest BCUT2D eigenvalue weighted by Gasteiger charge is -2.24. The molecule has 1 aliphatic rings. The first-order valence-corrected chi connectivity index (χ1v) is 10.1. The van der Waals surface area contributed by atoms with Gasteiger partial charge >= 0.3 is 0 Å². The Hall–Kier alpha value is -2.54. The highest BCUT2D eigenvalue weighted by molar-refractivity contribution is 8.00. The number of rotatable bonds is 6. The van der Waals surface area contributed by atoms with Crippen LogP contribution in [0.25, 0.3) is 0 Å². The molecule has 28 heavy (non-hydrogen) atoms. The molecule has 2 aromatic carbocycles. The van der Waals surface area contributed by atoms with Gasteiger partial charge in [-0.15, -0.1) is 11.8 Å². The van der Waals surface area contributed by atoms with E-state index in [1.165, 1.54) is 6.07 Å². The molecule has 7 heteroatoms. The molecule has 5 nitrogen and oxygen atoms in total. The number of hydrogen-bond acceptors (Lipinski definition) is 4. The first kappa shape index (κ1) is 20.2. The van der Waals surface area contributed by atoms with E-state index in [2.05, 4.69) is 5.32 Å². The van der Waals surface area contributed by atoms with E-state index in [1.54, 1.807) is 36.3 Å². The van der Waals surface area contributed by atoms with Gasteiger partial charge in [0, 0.05) is 11.4 Å². The van der Waals surface area contributed by atoms with Gasteiger partial charge in [-0.05, 0) is 49.6 Å². The van der Waals surface area contributed by atoms with Crippen molar-refractivity contribution in [1.82, 2.24) is 4.90 Å². The number of nitrogens with zero attached hydrogens (tertiary/aromatic N) is 1. The molecule has 0 aliphatic carbocycles. The van der Waals surface area contributed by atoms with Gasteiger partial charge in [0.25, 0.3) is 0 Å². The van der Waals surface area contributed by atoms with Crippen molar-refractivity contribution in [3.63, 3.8) is 0 Å². The number of carbonyl (C=O) groups excluding carboxylic acids is 2. The van der Waals surface area contributed by atoms with Crippen LogP contribution in [0.4, 0.5) is 10.1 Å². The number of methoxy groups -OCH3 is 1. The second-order valence-electron chi connectivity index (χ2n) is 6.66. The van der Waals surface area contributed by atoms with Crippen LogP contribution in [0.1, 0.15) is 18.4 Å². The van der Waals surface area contributed by atoms with Gasteiger partial charge in [0.05, 0.1) is 18.6 Å². The molecule has 1 heterocycles. The van der Waals surface area contributed by atoms with Gasteiger partial charge in [0.2, 0.25) is 11.8 Å². The number of thioether (sulfide) groups is 1. The lowest BCUT2D eigenvalue weighted by atomic mass is 10.1. The summed E-state index contributed by atoms with van der Waals surface area (Å²) in [7, 11) is 1.55. The molecule has 148 valence electrons. The van der Waals surface area contributed by atoms with Crippen LogP contribution < -0.4 is 10.1 Å². The van der Waals surface area contributed by atoms with Gasteiger partial charge in [-0.1, -0.05) is 18.2 Å². The minimum atomic E-state index is -0.529. The number of hydrogen-bond donors (Lipinski definition) is 1. The van der Waals surface area contributed by atoms with Crippen LogP contribution in [0, 0.1) is 12.7 Å². The zero-order chi connectivity index (χ0) is 20.1. The predicted octanol–water partition coefficient (Wildman–Crippen LogP) is 3.86. The minimum Gasteiger partial charge on any atom is -0.495 e. The first-order valence-electron chi connectivity index (χ1n) is 9.12. The smallest absolute Gasteiger partial charge is 0.247 e. The van der Waals surface area contributed by atoms with E-state index >= 15 is 0 Å². The molecule has 1 unspecified atom stereocenters. The highest BCUT2D eigenvalue weighted by atomic mass is 32.2. The molecule has 1 atom stereocenters. The summed E-state index contributed by atoms with van der Waals surface area (Å²) in [6.45, 7) is 2.46. The fraction of sp³-hybridized carbons (Fsp3) is 0.333. The van der Waals surface area contributed by atoms with E-state index in [9.17, 15) is 14.0 Å². The topological polar surface area (TPSA) is 58.6 Å². The van der Waals surface area contributed by atoms with Crippen LogP contribution in [-0.2, 0) is 9.59 Å². The average molecular weight is 402 g/mol. The summed E-state index contributed by atoms with van der Waals surface area (Å²) < 4.78 is 19.0. The Kier molecular flexibility index (Phi) is 6.57. The van der Waals surface area contributed by atoms with Crippen molar-refractivity contribution in [2.75, 3.05) is 24.7 Å². The van der Waals surface area contributed by atoms with Crippen molar-refractivity contribution in [1.29, 1.82) is 0 Å². The Labute approximate surface area is 168 Å². The summed E-state index contributed by atoms with van der Waals surface area (Å²) in [5, 5.41) is 2.89. The van der Waals surface area contributed by atoms with E-state index in [0.717, 1.165) is 23.7 Å². The molecule has 0 saturated carbocycles. The lowest BCUT2D eigenvalue weighted by Crippen LogP contribution is -2.44. The van der Waals surface area contributed by atoms with Crippen molar-refractivity contribution in [3.05, 3.63) is 53.8 Å². The number of likely N-dealkylation sites (tertiary alicyclic amines) is 1. The lowest BCUT2D eigenvalue weighted by molar-refractivity contribution is -0.134. The summed E-state index contributed by atoms with van der Waals surface area (Å²) in [6, 6.07) is 11.4. The number of carbonyl (C=O) groups is 2. The quantitative estimate of drug-likeness (QED) is 0.746. The molecule has 2 aromatic rings. The van der Waals surface area contributed by atoms with E-state index in [0.29, 0.717) is 29.3 Å². The molecule has 1 aliphatic heterocycles. The average Bonchev–Trinajstić information content (AvgIpc) is 3.17. The highest BCUT2D eigenvalue weighted by Crippen LogP contribution is 2.28. The molecule has 0 spiro atoms. The molecule has 3 rings (SSSR count). The highest BCUT2D eigenvalue weighted by Gasteiger charge is 2.34. The zero-order valence-electron chi connectivity index (χ0n) is 15.9. The van der Waals surface area contributed by atoms with Crippen LogP contribution in [0.15, 0.2) is 47.4 Å². The number of aryl methyl sites for hydroxylation is 1. The molecule has 1 fully saturated rings. The fourth-order valence-electron chi connectivity index (χ4n) is 3.26. The van der Waals surface area contributed by atoms with E-state index in [1.807, 2.05) is 19.1 Å². The molecule has 0 bridgehead atoms. The second kappa shape index (κ2) is 9.10. The number of amides is 2. The van der Waals surface area contributed by atoms with Crippen LogP contribution in [0.5, 0.6) is 5.75 Å². The van der Waals surface area contributed by atoms with Gasteiger partial charge in [0.15, 0.2) is 0 Å². The Balaban J connectivity index is 1.65. The molecule has 0 radical (unpaired) electrons. The van der Waals surface area contributed by atoms with Gasteiger partial charge in [-0.25, -0.2) is 4.39 Å². The monoisotopic (exact) mass is 402 g/mol. The molecule has 0 aromatic heterocycles. The maximum Gasteiger partial charge on any atom is 0.247 e. The maximum atomic E-state index is 13.7. The predicted molar refractivity (Wildman–Crippen MR) is 108 cm³/mol. The van der Waals surface area contributed by atoms with Crippen molar-refractivity contribution in [3.8, 4) is 5.75 Å². The van der Waals surface area contributed by atoms with Crippen molar-refractivity contribution in [2.24, 2.45) is 0 Å². The number of nitrogens with one attached hydrogen (secondary N) is 1. The molecular weight excluding hydrogens is 379 g/mol. The van der Waals surface area contributed by atoms with Gasteiger partial charge in [-0.2, -0.15) is 0 Å². The minimum absolute atomic E-state index is 0.0957. The molecule has 1 N–H and O–H groups in total. The normalized spacial score (nSPS) is 16.1. The van der Waals surface area contributed by atoms with Gasteiger partial charge in [-0.3, -0.25) is 9.59 Å². The Morgan fingerprint density at radius 1 is 1.29 bits per heavy atom. The Morgan fingerprint density at radius 2 is 2.07 bits per heavy atom. The molecule has 2 amide bonds. The Morgan fingerprint density at radius 3 is 2.82 bits per heavy atom. The summed E-state index contributed by atoms with van der Waals surface area (Å²) in [4.78, 5) is 27.5. The van der Waals surface area contributed by atoms with E-state index in [-0.39, 0.29) is 23.4 Å². The number of halogens is 1. The van der Waals surface area contributed by atoms with E-state index in [4.69, 9.17) is 4.74 Å². The van der Waals surface area contributed by atoms with Crippen LogP contribution in [0.2, 0.25) is 0 Å². The third-order valence-corrected chi connectivity index (χ3v) is 5.71. The van der Waals surface area contributed by atoms with Crippen molar-refractivity contribution in [2.45, 2.75) is 30.7 Å². The maximum absolute atomic E-state index is 13.7. The summed E-state index contributed by atoms with van der Waals surface area (Å²) in [6.07, 6.45) is 1.37. The number of benzene rings is 2. The number of anilines is 1. The van der Waals surface area contributed by atoms with Crippen LogP contribution >= 0.6 is 11.8 Å². The molecule has 1 saturated heterocycles. The standard InChI is InChI=1S/C21H23FN2O3S/c1-14-9-10-18(27-2)16(12-14)23-21(26)17-7-5-11-24(17)20(25)13-28-19-8-4-3-6-15(19)22/h3-4,6,8-10,12,17H,5,7,11,13H2,1-2H3,(H,23,26). The summed E-state index contributed by atoms with van der Waals surface area (Å²) in [5.74, 6) is -0.0707. The van der Waals surface area contributed by atoms with Gasteiger partial charge in [0.1, 0.15) is 17.6 Å². The van der Waals surface area contributed by atoms with E-state index < -0.39 is 6.04 Å². The number of ether oxygens (including phenoxy) is 1. The van der Waals surface area contributed by atoms with Crippen LogP contribution in [-0.4, -0.2) is 42.2 Å². The Bertz CT molecular complexity index is 874. The summed E-state index contributed by atoms with van der Waals surface area (Å²) in [5.41, 5.74) is 1.59. The SMILES string of the molecule is COc1ccc(C)cc1NC(=O)C1CCCN1C(=O)CSc1ccccc1F. The zero-order valence-corrected chi connectivity index (χ0v) is 16.7. The fourth-order valence-corrected chi connectivity index (χ4v) is 4.08. The van der Waals surface area contributed by atoms with Crippen molar-refractivity contribution < 1.29 is 18.7 Å². The largest absolute Gasteiger partial charge is 0.495 e. The van der Waals surface area contributed by atoms with Crippen molar-refractivity contribution >= 4 is 29.3 Å². The van der Waals surface area contributed by atoms with Crippen LogP contribution in [0.3, 0.4) is 0 Å². The summed E-state index contributed by atoms with van der Waals surface area (Å²) >= 11 is 1.15. The third-order valence-electron chi connectivity index (χ3n) is 4.68. The third kappa shape index (κ3) is 4.65. The molecular formula is C21H23FN2O3S. The second-order valence-corrected chi connectivity index (χ2v) is 7.67. The first-order chi connectivity index (χ1) is 13.5.